The Morgan fingerprint density at radius 3 is 2.67 bits per heavy atom. The first-order valence-electron chi connectivity index (χ1n) is 13.1. The van der Waals surface area contributed by atoms with Crippen molar-refractivity contribution in [2.75, 3.05) is 25.0 Å². The van der Waals surface area contributed by atoms with Crippen LogP contribution in [0.25, 0.3) is 10.8 Å². The van der Waals surface area contributed by atoms with E-state index in [1.807, 2.05) is 49.4 Å². The average Bonchev–Trinajstić information content (AvgIpc) is 3.46. The van der Waals surface area contributed by atoms with Crippen molar-refractivity contribution in [3.63, 3.8) is 0 Å². The van der Waals surface area contributed by atoms with E-state index in [1.165, 1.54) is 0 Å². The summed E-state index contributed by atoms with van der Waals surface area (Å²) < 4.78 is -0.629. The quantitative estimate of drug-likeness (QED) is 0.450. The van der Waals surface area contributed by atoms with Gasteiger partial charge in [0, 0.05) is 30.6 Å². The van der Waals surface area contributed by atoms with Crippen molar-refractivity contribution in [3.8, 4) is 0 Å². The lowest BCUT2D eigenvalue weighted by Crippen LogP contribution is -2.55. The maximum absolute atomic E-state index is 14.0. The largest absolute Gasteiger partial charge is 0.396 e. The van der Waals surface area contributed by atoms with Crippen molar-refractivity contribution < 1.29 is 19.5 Å². The van der Waals surface area contributed by atoms with Gasteiger partial charge in [0.2, 0.25) is 17.7 Å². The molecule has 3 unspecified atom stereocenters. The van der Waals surface area contributed by atoms with Crippen LogP contribution in [0.3, 0.4) is 0 Å². The van der Waals surface area contributed by atoms with E-state index < -0.39 is 22.6 Å². The number of carbonyl (C=O) groups excluding carboxylic acids is 3. The lowest BCUT2D eigenvalue weighted by atomic mass is 9.66. The zero-order chi connectivity index (χ0) is 25.4. The fourth-order valence-electron chi connectivity index (χ4n) is 6.60. The highest BCUT2D eigenvalue weighted by molar-refractivity contribution is 8.02. The zero-order valence-corrected chi connectivity index (χ0v) is 21.7. The van der Waals surface area contributed by atoms with Crippen molar-refractivity contribution in [1.29, 1.82) is 0 Å². The number of unbranched alkanes of at least 4 members (excludes halogenated alkanes) is 1. The second-order valence-corrected chi connectivity index (χ2v) is 11.9. The molecular weight excluding hydrogens is 474 g/mol. The summed E-state index contributed by atoms with van der Waals surface area (Å²) in [6.45, 7) is 5.16. The molecule has 3 fully saturated rings. The third-order valence-electron chi connectivity index (χ3n) is 8.17. The molecule has 36 heavy (non-hydrogen) atoms. The summed E-state index contributed by atoms with van der Waals surface area (Å²) in [4.78, 5) is 42.8. The molecule has 3 heterocycles. The van der Waals surface area contributed by atoms with Gasteiger partial charge in [0.1, 0.15) is 6.04 Å². The Morgan fingerprint density at radius 1 is 1.14 bits per heavy atom. The van der Waals surface area contributed by atoms with Gasteiger partial charge >= 0.3 is 0 Å². The molecule has 6 atom stereocenters. The molecule has 5 rings (SSSR count). The molecule has 192 valence electrons. The van der Waals surface area contributed by atoms with E-state index in [1.54, 1.807) is 16.7 Å². The number of aliphatic hydroxyl groups excluding tert-OH is 1. The molecular formula is C28H35N3O4S. The van der Waals surface area contributed by atoms with Gasteiger partial charge in [-0.3, -0.25) is 14.4 Å². The SMILES string of the molecule is CCCNC(=O)[C@@H]1[C@H]2C(=O)N(CCCCO)C(C(=O)Nc3ccc4ccccc4c3)C23S[C@@H]1CC3C. The van der Waals surface area contributed by atoms with E-state index in [0.717, 1.165) is 23.6 Å². The second kappa shape index (κ2) is 10.1. The van der Waals surface area contributed by atoms with E-state index in [-0.39, 0.29) is 35.5 Å². The van der Waals surface area contributed by atoms with Crippen LogP contribution in [-0.4, -0.2) is 63.5 Å². The van der Waals surface area contributed by atoms with Gasteiger partial charge in [0.15, 0.2) is 0 Å². The lowest BCUT2D eigenvalue weighted by molar-refractivity contribution is -0.139. The number of rotatable bonds is 9. The topological polar surface area (TPSA) is 98.7 Å². The highest BCUT2D eigenvalue weighted by Gasteiger charge is 2.75. The van der Waals surface area contributed by atoms with Crippen LogP contribution >= 0.6 is 11.8 Å². The van der Waals surface area contributed by atoms with E-state index in [4.69, 9.17) is 0 Å². The van der Waals surface area contributed by atoms with Crippen LogP contribution < -0.4 is 10.6 Å². The molecule has 3 aliphatic rings. The molecule has 0 saturated carbocycles. The fourth-order valence-corrected chi connectivity index (χ4v) is 9.02. The zero-order valence-electron chi connectivity index (χ0n) is 20.9. The van der Waals surface area contributed by atoms with Crippen LogP contribution in [0.15, 0.2) is 42.5 Å². The predicted molar refractivity (Wildman–Crippen MR) is 143 cm³/mol. The molecule has 2 bridgehead atoms. The third kappa shape index (κ3) is 3.98. The second-order valence-electron chi connectivity index (χ2n) is 10.4. The maximum Gasteiger partial charge on any atom is 0.248 e. The van der Waals surface area contributed by atoms with Gasteiger partial charge in [-0.25, -0.2) is 0 Å². The number of likely N-dealkylation sites (tertiary alicyclic amines) is 1. The van der Waals surface area contributed by atoms with Gasteiger partial charge < -0.3 is 20.6 Å². The molecule has 3 N–H and O–H groups in total. The number of anilines is 1. The van der Waals surface area contributed by atoms with E-state index >= 15 is 0 Å². The number of benzene rings is 2. The number of amides is 3. The standard InChI is InChI=1S/C28H35N3O4S/c1-3-12-29-25(33)22-21-15-17(2)28(36-21)23(22)27(35)31(13-6-7-14-32)24(28)26(34)30-20-11-10-18-8-4-5-9-19(18)16-20/h4-5,8-11,16-17,21-24,32H,3,6-7,12-15H2,1-2H3,(H,29,33)(H,30,34)/t17?,21-,22+,23+,24?,28?/m1/s1. The Morgan fingerprint density at radius 2 is 1.92 bits per heavy atom. The summed E-state index contributed by atoms with van der Waals surface area (Å²) in [6, 6.07) is 13.2. The van der Waals surface area contributed by atoms with Crippen LogP contribution in [0.4, 0.5) is 5.69 Å². The molecule has 3 saturated heterocycles. The minimum Gasteiger partial charge on any atom is -0.396 e. The van der Waals surface area contributed by atoms with Crippen molar-refractivity contribution >= 4 is 45.9 Å². The Bertz CT molecular complexity index is 1170. The molecule has 0 aliphatic carbocycles. The summed E-state index contributed by atoms with van der Waals surface area (Å²) in [5.41, 5.74) is 0.698. The van der Waals surface area contributed by atoms with E-state index in [2.05, 4.69) is 17.6 Å². The third-order valence-corrected chi connectivity index (χ3v) is 10.2. The number of thioether (sulfide) groups is 1. The Balaban J connectivity index is 1.48. The van der Waals surface area contributed by atoms with Gasteiger partial charge in [-0.05, 0) is 54.5 Å². The summed E-state index contributed by atoms with van der Waals surface area (Å²) in [7, 11) is 0. The van der Waals surface area contributed by atoms with Crippen LogP contribution in [0.1, 0.15) is 39.5 Å². The first-order chi connectivity index (χ1) is 17.4. The number of hydrogen-bond donors (Lipinski definition) is 3. The molecule has 0 radical (unpaired) electrons. The molecule has 2 aromatic rings. The van der Waals surface area contributed by atoms with E-state index in [0.29, 0.717) is 31.6 Å². The first kappa shape index (κ1) is 25.1. The number of carbonyl (C=O) groups is 3. The van der Waals surface area contributed by atoms with Crippen LogP contribution in [0.2, 0.25) is 0 Å². The fraction of sp³-hybridized carbons (Fsp3) is 0.536. The molecule has 3 amide bonds. The normalized spacial score (nSPS) is 30.6. The van der Waals surface area contributed by atoms with Crippen molar-refractivity contribution in [2.45, 2.75) is 55.6 Å². The Hall–Kier alpha value is -2.58. The summed E-state index contributed by atoms with van der Waals surface area (Å²) in [6.07, 6.45) is 2.83. The smallest absolute Gasteiger partial charge is 0.248 e. The highest BCUT2D eigenvalue weighted by atomic mass is 32.2. The highest BCUT2D eigenvalue weighted by Crippen LogP contribution is 2.68. The van der Waals surface area contributed by atoms with Crippen LogP contribution in [0.5, 0.6) is 0 Å². The Kier molecular flexibility index (Phi) is 7.01. The molecule has 3 aliphatic heterocycles. The van der Waals surface area contributed by atoms with Gasteiger partial charge in [0.05, 0.1) is 16.6 Å². The summed E-state index contributed by atoms with van der Waals surface area (Å²) in [5, 5.41) is 17.6. The lowest BCUT2D eigenvalue weighted by Gasteiger charge is -2.38. The van der Waals surface area contributed by atoms with Crippen molar-refractivity contribution in [3.05, 3.63) is 42.5 Å². The van der Waals surface area contributed by atoms with Crippen molar-refractivity contribution in [2.24, 2.45) is 17.8 Å². The van der Waals surface area contributed by atoms with Crippen LogP contribution in [0, 0.1) is 17.8 Å². The van der Waals surface area contributed by atoms with Gasteiger partial charge in [-0.1, -0.05) is 44.2 Å². The van der Waals surface area contributed by atoms with Gasteiger partial charge in [-0.15, -0.1) is 11.8 Å². The van der Waals surface area contributed by atoms with Gasteiger partial charge in [0.25, 0.3) is 0 Å². The first-order valence-corrected chi connectivity index (χ1v) is 14.0. The minimum atomic E-state index is -0.658. The Labute approximate surface area is 216 Å². The molecule has 0 aromatic heterocycles. The maximum atomic E-state index is 14.0. The summed E-state index contributed by atoms with van der Waals surface area (Å²) in [5.74, 6) is -1.14. The predicted octanol–water partition coefficient (Wildman–Crippen LogP) is 3.41. The molecule has 7 nitrogen and oxygen atoms in total. The molecule has 8 heteroatoms. The van der Waals surface area contributed by atoms with E-state index in [9.17, 15) is 19.5 Å². The van der Waals surface area contributed by atoms with Crippen LogP contribution in [-0.2, 0) is 14.4 Å². The average molecular weight is 510 g/mol. The molecule has 2 aromatic carbocycles. The number of nitrogens with one attached hydrogen (secondary N) is 2. The van der Waals surface area contributed by atoms with Gasteiger partial charge in [-0.2, -0.15) is 0 Å². The monoisotopic (exact) mass is 509 g/mol. The minimum absolute atomic E-state index is 0.0415. The summed E-state index contributed by atoms with van der Waals surface area (Å²) >= 11 is 1.69. The number of fused-ring (bicyclic) bond motifs is 2. The number of nitrogens with zero attached hydrogens (tertiary/aromatic N) is 1. The number of hydrogen-bond acceptors (Lipinski definition) is 5. The number of aliphatic hydroxyl groups is 1. The van der Waals surface area contributed by atoms with Crippen molar-refractivity contribution in [1.82, 2.24) is 10.2 Å². The molecule has 1 spiro atoms.